The van der Waals surface area contributed by atoms with Crippen LogP contribution in [0.25, 0.3) is 0 Å². The zero-order chi connectivity index (χ0) is 21.1. The predicted molar refractivity (Wildman–Crippen MR) is 119 cm³/mol. The first-order valence-electron chi connectivity index (χ1n) is 10.9. The molecule has 1 aromatic rings. The smallest absolute Gasteiger partial charge is 0.315 e. The number of anilines is 1. The van der Waals surface area contributed by atoms with Crippen molar-refractivity contribution < 1.29 is 9.59 Å². The molecule has 6 heteroatoms. The molecule has 30 heavy (non-hydrogen) atoms. The number of urea groups is 1. The topological polar surface area (TPSA) is 73.8 Å². The number of hydrogen-bond acceptors (Lipinski definition) is 3. The summed E-state index contributed by atoms with van der Waals surface area (Å²) in [6.45, 7) is 1.93. The van der Waals surface area contributed by atoms with Gasteiger partial charge in [0.15, 0.2) is 0 Å². The fourth-order valence-corrected chi connectivity index (χ4v) is 4.61. The minimum absolute atomic E-state index is 0.191. The van der Waals surface area contributed by atoms with Crippen LogP contribution in [0, 0.1) is 12.8 Å². The number of aliphatic imine (C=N–C) groups is 1. The number of hydrogen-bond donors (Lipinski definition) is 2. The Morgan fingerprint density at radius 2 is 1.93 bits per heavy atom. The molecule has 2 N–H and O–H groups in total. The lowest BCUT2D eigenvalue weighted by Gasteiger charge is -2.27. The maximum Gasteiger partial charge on any atom is 0.321 e. The number of carbonyl (C=O) groups is 2. The molecule has 1 aromatic carbocycles. The molecule has 4 rings (SSSR count). The highest BCUT2D eigenvalue weighted by Crippen LogP contribution is 2.34. The average molecular weight is 407 g/mol. The summed E-state index contributed by atoms with van der Waals surface area (Å²) in [5, 5.41) is 5.67. The summed E-state index contributed by atoms with van der Waals surface area (Å²) in [4.78, 5) is 32.5. The first kappa shape index (κ1) is 20.4. The highest BCUT2D eigenvalue weighted by atomic mass is 16.2. The van der Waals surface area contributed by atoms with Gasteiger partial charge in [0.05, 0.1) is 5.71 Å². The van der Waals surface area contributed by atoms with E-state index in [-0.39, 0.29) is 5.91 Å². The van der Waals surface area contributed by atoms with Gasteiger partial charge in [-0.25, -0.2) is 4.79 Å². The zero-order valence-electron chi connectivity index (χ0n) is 17.8. The van der Waals surface area contributed by atoms with Crippen LogP contribution in [0.4, 0.5) is 10.5 Å². The van der Waals surface area contributed by atoms with E-state index in [2.05, 4.69) is 22.8 Å². The molecule has 1 heterocycles. The molecule has 3 aliphatic rings. The predicted octanol–water partition coefficient (Wildman–Crippen LogP) is 4.54. The molecule has 0 bridgehead atoms. The van der Waals surface area contributed by atoms with Crippen molar-refractivity contribution in [2.45, 2.75) is 58.0 Å². The Hall–Kier alpha value is -2.89. The van der Waals surface area contributed by atoms with E-state index >= 15 is 0 Å². The molecule has 1 aliphatic heterocycles. The molecule has 0 saturated heterocycles. The molecule has 2 aliphatic carbocycles. The van der Waals surface area contributed by atoms with E-state index in [4.69, 9.17) is 4.99 Å². The molecular weight excluding hydrogens is 376 g/mol. The Labute approximate surface area is 178 Å². The second-order valence-corrected chi connectivity index (χ2v) is 8.36. The lowest BCUT2D eigenvalue weighted by Crippen LogP contribution is -2.47. The Bertz CT molecular complexity index is 925. The number of amides is 3. The maximum absolute atomic E-state index is 13.2. The Kier molecular flexibility index (Phi) is 6.02. The SMILES string of the molecule is Cc1ccccc1NC(=O)NC1N=C(C2CCCCC2)C2=C(CCC=C2)N(C)C1=O. The van der Waals surface area contributed by atoms with E-state index in [9.17, 15) is 9.59 Å². The average Bonchev–Trinajstić information content (AvgIpc) is 2.87. The minimum atomic E-state index is -0.921. The monoisotopic (exact) mass is 406 g/mol. The molecule has 1 fully saturated rings. The summed E-state index contributed by atoms with van der Waals surface area (Å²) in [5.74, 6) is 0.151. The Morgan fingerprint density at radius 1 is 1.17 bits per heavy atom. The van der Waals surface area contributed by atoms with Crippen LogP contribution in [0.5, 0.6) is 0 Å². The number of likely N-dealkylation sites (N-methyl/N-ethyl adjacent to an activating group) is 1. The van der Waals surface area contributed by atoms with Gasteiger partial charge in [-0.3, -0.25) is 9.79 Å². The number of nitrogens with one attached hydrogen (secondary N) is 2. The van der Waals surface area contributed by atoms with Gasteiger partial charge in [0, 0.05) is 29.9 Å². The van der Waals surface area contributed by atoms with Crippen LogP contribution >= 0.6 is 0 Å². The Balaban J connectivity index is 1.62. The first-order valence-corrected chi connectivity index (χ1v) is 10.9. The van der Waals surface area contributed by atoms with Crippen LogP contribution < -0.4 is 10.6 Å². The number of para-hydroxylation sites is 1. The van der Waals surface area contributed by atoms with Crippen molar-refractivity contribution in [3.63, 3.8) is 0 Å². The van der Waals surface area contributed by atoms with Gasteiger partial charge in [0.2, 0.25) is 6.17 Å². The second kappa shape index (κ2) is 8.86. The number of nitrogens with zero attached hydrogens (tertiary/aromatic N) is 2. The number of allylic oxidation sites excluding steroid dienone is 4. The van der Waals surface area contributed by atoms with Crippen LogP contribution in [0.1, 0.15) is 50.5 Å². The minimum Gasteiger partial charge on any atom is -0.315 e. The number of benzene rings is 1. The molecule has 1 atom stereocenters. The lowest BCUT2D eigenvalue weighted by molar-refractivity contribution is -0.129. The van der Waals surface area contributed by atoms with Gasteiger partial charge in [-0.05, 0) is 44.2 Å². The molecule has 1 saturated carbocycles. The third-order valence-corrected chi connectivity index (χ3v) is 6.31. The van der Waals surface area contributed by atoms with Crippen molar-refractivity contribution in [3.05, 3.63) is 53.3 Å². The summed E-state index contributed by atoms with van der Waals surface area (Å²) >= 11 is 0. The fraction of sp³-hybridized carbons (Fsp3) is 0.458. The van der Waals surface area contributed by atoms with Crippen LogP contribution in [0.2, 0.25) is 0 Å². The van der Waals surface area contributed by atoms with E-state index < -0.39 is 12.2 Å². The molecule has 158 valence electrons. The standard InChI is InChI=1S/C24H30N4O2/c1-16-10-6-8-14-19(16)25-24(30)27-22-23(29)28(2)20-15-9-7-13-18(20)21(26-22)17-11-4-3-5-12-17/h6-8,10,13-14,17,22H,3-5,9,11-12,15H2,1-2H3,(H2,25,27,30). The van der Waals surface area contributed by atoms with Crippen molar-refractivity contribution in [1.82, 2.24) is 10.2 Å². The normalized spacial score (nSPS) is 22.3. The van der Waals surface area contributed by atoms with E-state index in [1.165, 1.54) is 19.3 Å². The third kappa shape index (κ3) is 4.18. The number of rotatable bonds is 3. The van der Waals surface area contributed by atoms with E-state index in [1.807, 2.05) is 31.2 Å². The molecule has 1 unspecified atom stereocenters. The first-order chi connectivity index (χ1) is 14.5. The molecule has 0 spiro atoms. The molecule has 0 aromatic heterocycles. The van der Waals surface area contributed by atoms with Crippen molar-refractivity contribution in [3.8, 4) is 0 Å². The van der Waals surface area contributed by atoms with Crippen LogP contribution in [-0.2, 0) is 4.79 Å². The van der Waals surface area contributed by atoms with Gasteiger partial charge < -0.3 is 15.5 Å². The van der Waals surface area contributed by atoms with Gasteiger partial charge in [0.1, 0.15) is 0 Å². The molecule has 6 nitrogen and oxygen atoms in total. The number of aryl methyl sites for hydroxylation is 1. The summed E-state index contributed by atoms with van der Waals surface area (Å²) in [5.41, 5.74) is 4.77. The van der Waals surface area contributed by atoms with Crippen LogP contribution in [0.15, 0.2) is 52.7 Å². The molecule has 0 radical (unpaired) electrons. The van der Waals surface area contributed by atoms with Gasteiger partial charge in [-0.15, -0.1) is 0 Å². The van der Waals surface area contributed by atoms with Gasteiger partial charge >= 0.3 is 6.03 Å². The number of carbonyl (C=O) groups excluding carboxylic acids is 2. The summed E-state index contributed by atoms with van der Waals surface area (Å²) < 4.78 is 0. The van der Waals surface area contributed by atoms with Gasteiger partial charge in [0.25, 0.3) is 5.91 Å². The quantitative estimate of drug-likeness (QED) is 0.773. The van der Waals surface area contributed by atoms with Crippen molar-refractivity contribution in [2.75, 3.05) is 12.4 Å². The zero-order valence-corrected chi connectivity index (χ0v) is 17.8. The summed E-state index contributed by atoms with van der Waals surface area (Å²) in [6, 6.07) is 7.16. The fourth-order valence-electron chi connectivity index (χ4n) is 4.61. The second-order valence-electron chi connectivity index (χ2n) is 8.36. The van der Waals surface area contributed by atoms with E-state index in [0.717, 1.165) is 53.9 Å². The summed E-state index contributed by atoms with van der Waals surface area (Å²) in [6.07, 6.45) is 10.9. The molecular formula is C24H30N4O2. The van der Waals surface area contributed by atoms with E-state index in [1.54, 1.807) is 11.9 Å². The maximum atomic E-state index is 13.2. The Morgan fingerprint density at radius 3 is 2.70 bits per heavy atom. The highest BCUT2D eigenvalue weighted by Gasteiger charge is 2.34. The van der Waals surface area contributed by atoms with Crippen molar-refractivity contribution in [1.29, 1.82) is 0 Å². The van der Waals surface area contributed by atoms with Gasteiger partial charge in [-0.1, -0.05) is 49.6 Å². The van der Waals surface area contributed by atoms with Crippen LogP contribution in [0.3, 0.4) is 0 Å². The van der Waals surface area contributed by atoms with Gasteiger partial charge in [-0.2, -0.15) is 0 Å². The summed E-state index contributed by atoms with van der Waals surface area (Å²) in [7, 11) is 1.80. The van der Waals surface area contributed by atoms with Crippen molar-refractivity contribution in [2.24, 2.45) is 10.9 Å². The highest BCUT2D eigenvalue weighted by molar-refractivity contribution is 6.08. The lowest BCUT2D eigenvalue weighted by atomic mass is 9.81. The van der Waals surface area contributed by atoms with E-state index in [0.29, 0.717) is 5.92 Å². The van der Waals surface area contributed by atoms with Crippen LogP contribution in [-0.4, -0.2) is 35.8 Å². The molecule has 3 amide bonds. The van der Waals surface area contributed by atoms with Crippen molar-refractivity contribution >= 4 is 23.3 Å². The third-order valence-electron chi connectivity index (χ3n) is 6.31. The largest absolute Gasteiger partial charge is 0.321 e.